The molecule has 0 saturated carbocycles. The number of pyridine rings is 1. The number of nitrogens with zero attached hydrogens (tertiary/aromatic N) is 4. The summed E-state index contributed by atoms with van der Waals surface area (Å²) in [5, 5.41) is 0. The minimum atomic E-state index is -4.54. The van der Waals surface area contributed by atoms with Crippen molar-refractivity contribution in [3.05, 3.63) is 58.4 Å². The van der Waals surface area contributed by atoms with E-state index in [4.69, 9.17) is 4.74 Å². The van der Waals surface area contributed by atoms with Crippen LogP contribution in [0.2, 0.25) is 0 Å². The lowest BCUT2D eigenvalue weighted by molar-refractivity contribution is -0.142. The van der Waals surface area contributed by atoms with Crippen molar-refractivity contribution in [1.82, 2.24) is 19.7 Å². The first-order valence-electron chi connectivity index (χ1n) is 14.0. The van der Waals surface area contributed by atoms with Crippen molar-refractivity contribution in [2.75, 3.05) is 32.8 Å². The van der Waals surface area contributed by atoms with Crippen molar-refractivity contribution < 1.29 is 32.3 Å². The van der Waals surface area contributed by atoms with E-state index in [1.54, 1.807) is 4.90 Å². The minimum absolute atomic E-state index is 0.162. The molecule has 0 bridgehead atoms. The highest BCUT2D eigenvalue weighted by molar-refractivity contribution is 5.94. The predicted molar refractivity (Wildman–Crippen MR) is 146 cm³/mol. The second-order valence-corrected chi connectivity index (χ2v) is 10.8. The molecule has 11 heteroatoms. The van der Waals surface area contributed by atoms with Crippen LogP contribution in [-0.2, 0) is 15.8 Å². The van der Waals surface area contributed by atoms with Crippen LogP contribution in [-0.4, -0.2) is 76.2 Å². The Morgan fingerprint density at radius 3 is 2.39 bits per heavy atom. The number of piperazine rings is 1. The molecule has 2 fully saturated rings. The largest absolute Gasteiger partial charge is 0.493 e. The maximum Gasteiger partial charge on any atom is 0.433 e. The van der Waals surface area contributed by atoms with Gasteiger partial charge in [0.15, 0.2) is 0 Å². The van der Waals surface area contributed by atoms with Crippen molar-refractivity contribution in [2.24, 2.45) is 0 Å². The van der Waals surface area contributed by atoms with E-state index in [1.165, 1.54) is 30.4 Å². The molecule has 2 aliphatic rings. The van der Waals surface area contributed by atoms with E-state index >= 15 is 0 Å². The summed E-state index contributed by atoms with van der Waals surface area (Å²) in [7, 11) is 0. The highest BCUT2D eigenvalue weighted by Crippen LogP contribution is 2.39. The van der Waals surface area contributed by atoms with Crippen LogP contribution in [0, 0.1) is 13.8 Å². The molecule has 3 amide bonds. The smallest absolute Gasteiger partial charge is 0.433 e. The summed E-state index contributed by atoms with van der Waals surface area (Å²) >= 11 is 0. The lowest BCUT2D eigenvalue weighted by Crippen LogP contribution is -2.57. The summed E-state index contributed by atoms with van der Waals surface area (Å²) in [5.41, 5.74) is 2.57. The van der Waals surface area contributed by atoms with Gasteiger partial charge in [-0.15, -0.1) is 0 Å². The summed E-state index contributed by atoms with van der Waals surface area (Å²) in [4.78, 5) is 45.1. The number of hydrogen-bond donors (Lipinski definition) is 0. The van der Waals surface area contributed by atoms with E-state index in [9.17, 15) is 27.6 Å². The van der Waals surface area contributed by atoms with Crippen LogP contribution in [0.1, 0.15) is 78.3 Å². The van der Waals surface area contributed by atoms with Gasteiger partial charge in [-0.1, -0.05) is 6.07 Å². The number of benzene rings is 1. The van der Waals surface area contributed by atoms with Gasteiger partial charge < -0.3 is 9.64 Å². The van der Waals surface area contributed by atoms with Crippen LogP contribution in [0.15, 0.2) is 30.5 Å². The molecule has 2 aliphatic heterocycles. The molecule has 1 aromatic heterocycles. The van der Waals surface area contributed by atoms with Crippen molar-refractivity contribution >= 4 is 17.7 Å². The number of alkyl halides is 3. The molecule has 0 unspecified atom stereocenters. The predicted octanol–water partition coefficient (Wildman–Crippen LogP) is 4.93. The topological polar surface area (TPSA) is 83.1 Å². The van der Waals surface area contributed by atoms with Gasteiger partial charge in [-0.2, -0.15) is 13.2 Å². The van der Waals surface area contributed by atoms with E-state index in [2.05, 4.69) is 22.9 Å². The number of amides is 3. The number of imide groups is 1. The zero-order valence-electron chi connectivity index (χ0n) is 24.0. The lowest BCUT2D eigenvalue weighted by Gasteiger charge is -2.48. The first-order chi connectivity index (χ1) is 19.4. The van der Waals surface area contributed by atoms with Gasteiger partial charge in [0.05, 0.1) is 12.2 Å². The maximum absolute atomic E-state index is 13.1. The van der Waals surface area contributed by atoms with Crippen molar-refractivity contribution in [3.8, 4) is 5.75 Å². The van der Waals surface area contributed by atoms with Crippen molar-refractivity contribution in [1.29, 1.82) is 0 Å². The normalized spacial score (nSPS) is 19.4. The summed E-state index contributed by atoms with van der Waals surface area (Å²) < 4.78 is 44.6. The first kappa shape index (κ1) is 30.5. The molecule has 8 nitrogen and oxygen atoms in total. The minimum Gasteiger partial charge on any atom is -0.493 e. The number of aromatic nitrogens is 1. The Balaban J connectivity index is 1.39. The third kappa shape index (κ3) is 6.89. The average Bonchev–Trinajstić information content (AvgIpc) is 2.93. The van der Waals surface area contributed by atoms with E-state index in [-0.39, 0.29) is 35.4 Å². The molecule has 3 heterocycles. The molecule has 2 aromatic rings. The van der Waals surface area contributed by atoms with E-state index < -0.39 is 11.9 Å². The summed E-state index contributed by atoms with van der Waals surface area (Å²) in [6, 6.07) is 6.50. The van der Waals surface area contributed by atoms with E-state index in [0.29, 0.717) is 39.2 Å². The van der Waals surface area contributed by atoms with Gasteiger partial charge in [-0.3, -0.25) is 29.2 Å². The number of rotatable bonds is 7. The third-order valence-corrected chi connectivity index (χ3v) is 8.21. The Labute approximate surface area is 238 Å². The third-order valence-electron chi connectivity index (χ3n) is 8.21. The number of hydrogen-bond acceptors (Lipinski definition) is 6. The molecule has 0 radical (unpaired) electrons. The average molecular weight is 575 g/mol. The molecule has 0 spiro atoms. The molecular formula is C30H37F3N4O4. The quantitative estimate of drug-likeness (QED) is 0.436. The number of halogens is 3. The van der Waals surface area contributed by atoms with Gasteiger partial charge in [-0.25, -0.2) is 0 Å². The van der Waals surface area contributed by atoms with Crippen LogP contribution in [0.4, 0.5) is 13.2 Å². The summed E-state index contributed by atoms with van der Waals surface area (Å²) in [6.07, 6.45) is -0.0360. The zero-order chi connectivity index (χ0) is 29.9. The Morgan fingerprint density at radius 2 is 1.76 bits per heavy atom. The van der Waals surface area contributed by atoms with Gasteiger partial charge in [0.25, 0.3) is 5.91 Å². The second kappa shape index (κ2) is 12.6. The van der Waals surface area contributed by atoms with Crippen molar-refractivity contribution in [3.63, 3.8) is 0 Å². The molecule has 1 aromatic carbocycles. The molecule has 0 aliphatic carbocycles. The number of carbonyl (C=O) groups excluding carboxylic acids is 3. The monoisotopic (exact) mass is 574 g/mol. The SMILES string of the molecule is CC(=O)N(CCCOc1ccc([C@H]2CCC[C@H]3CN(C(=O)c4ccc(C(F)(F)F)nc4)CCN32)c(C)c1C)C(C)=O. The highest BCUT2D eigenvalue weighted by atomic mass is 19.4. The summed E-state index contributed by atoms with van der Waals surface area (Å²) in [5.74, 6) is -0.0736. The standard InChI is InChI=1S/C30H37F3N4O4/c1-19-20(2)27(41-16-6-13-36(21(3)38)22(4)39)11-10-25(19)26-8-5-7-24-18-35(14-15-37(24)26)29(40)23-9-12-28(34-17-23)30(31,32)33/h9-12,17,24,26H,5-8,13-16,18H2,1-4H3/t24-,26+/m0/s1. The molecule has 2 atom stereocenters. The van der Waals surface area contributed by atoms with Crippen LogP contribution < -0.4 is 4.74 Å². The second-order valence-electron chi connectivity index (χ2n) is 10.8. The van der Waals surface area contributed by atoms with E-state index in [1.807, 2.05) is 13.0 Å². The lowest BCUT2D eigenvalue weighted by atomic mass is 9.86. The highest BCUT2D eigenvalue weighted by Gasteiger charge is 2.38. The van der Waals surface area contributed by atoms with Crippen LogP contribution >= 0.6 is 0 Å². The number of ether oxygens (including phenoxy) is 1. The van der Waals surface area contributed by atoms with Crippen LogP contribution in [0.25, 0.3) is 0 Å². The Bertz CT molecular complexity index is 1270. The summed E-state index contributed by atoms with van der Waals surface area (Å²) in [6.45, 7) is 9.25. The fraction of sp³-hybridized carbons (Fsp3) is 0.533. The van der Waals surface area contributed by atoms with Crippen LogP contribution in [0.3, 0.4) is 0 Å². The van der Waals surface area contributed by atoms with Gasteiger partial charge in [-0.05, 0) is 74.4 Å². The van der Waals surface area contributed by atoms with Crippen LogP contribution in [0.5, 0.6) is 5.75 Å². The fourth-order valence-corrected chi connectivity index (χ4v) is 5.91. The number of piperidine rings is 1. The number of fused-ring (bicyclic) bond motifs is 1. The van der Waals surface area contributed by atoms with Gasteiger partial charge >= 0.3 is 6.18 Å². The Morgan fingerprint density at radius 1 is 1.02 bits per heavy atom. The Hall–Kier alpha value is -3.47. The molecule has 2 saturated heterocycles. The molecule has 41 heavy (non-hydrogen) atoms. The van der Waals surface area contributed by atoms with Crippen molar-refractivity contribution in [2.45, 2.75) is 71.6 Å². The van der Waals surface area contributed by atoms with Gasteiger partial charge in [0.2, 0.25) is 11.8 Å². The molecule has 222 valence electrons. The molecule has 4 rings (SSSR count). The zero-order valence-corrected chi connectivity index (χ0v) is 24.0. The first-order valence-corrected chi connectivity index (χ1v) is 14.0. The maximum atomic E-state index is 13.1. The number of carbonyl (C=O) groups is 3. The van der Waals surface area contributed by atoms with E-state index in [0.717, 1.165) is 48.4 Å². The van der Waals surface area contributed by atoms with Gasteiger partial charge in [0.1, 0.15) is 11.4 Å². The molecular weight excluding hydrogens is 537 g/mol. The van der Waals surface area contributed by atoms with Gasteiger partial charge in [0, 0.05) is 58.3 Å². The molecule has 0 N–H and O–H groups in total. The fourth-order valence-electron chi connectivity index (χ4n) is 5.91. The Kier molecular flexibility index (Phi) is 9.36.